The van der Waals surface area contributed by atoms with Gasteiger partial charge in [-0.1, -0.05) is 31.0 Å². The number of hydrogen-bond acceptors (Lipinski definition) is 4. The molecule has 0 bridgehead atoms. The largest absolute Gasteiger partial charge is 0.352 e. The molecule has 1 N–H and O–H groups in total. The van der Waals surface area contributed by atoms with Crippen LogP contribution in [0.3, 0.4) is 0 Å². The van der Waals surface area contributed by atoms with Crippen LogP contribution in [-0.4, -0.2) is 39.8 Å². The Morgan fingerprint density at radius 3 is 2.86 bits per heavy atom. The molecule has 28 heavy (non-hydrogen) atoms. The Kier molecular flexibility index (Phi) is 6.98. The van der Waals surface area contributed by atoms with Crippen molar-refractivity contribution in [1.29, 1.82) is 0 Å². The number of halogens is 1. The third kappa shape index (κ3) is 5.29. The van der Waals surface area contributed by atoms with Crippen LogP contribution in [0.4, 0.5) is 0 Å². The van der Waals surface area contributed by atoms with Gasteiger partial charge in [0.05, 0.1) is 0 Å². The molecule has 3 heterocycles. The summed E-state index contributed by atoms with van der Waals surface area (Å²) in [5.41, 5.74) is 1.54. The molecule has 2 aromatic heterocycles. The lowest BCUT2D eigenvalue weighted by atomic mass is 9.81. The monoisotopic (exact) mass is 400 g/mol. The van der Waals surface area contributed by atoms with Crippen molar-refractivity contribution in [2.45, 2.75) is 32.7 Å². The van der Waals surface area contributed by atoms with Crippen LogP contribution in [0.25, 0.3) is 0 Å². The van der Waals surface area contributed by atoms with Gasteiger partial charge in [-0.25, -0.2) is 4.98 Å². The molecular formula is C21H25ClN4O2. The molecule has 0 radical (unpaired) electrons. The third-order valence-corrected chi connectivity index (χ3v) is 5.54. The van der Waals surface area contributed by atoms with E-state index in [4.69, 9.17) is 11.6 Å². The molecule has 0 aromatic carbocycles. The van der Waals surface area contributed by atoms with Crippen molar-refractivity contribution in [1.82, 2.24) is 20.2 Å². The highest BCUT2D eigenvalue weighted by Gasteiger charge is 2.32. The van der Waals surface area contributed by atoms with E-state index in [-0.39, 0.29) is 17.7 Å². The summed E-state index contributed by atoms with van der Waals surface area (Å²) in [6, 6.07) is 7.09. The molecule has 1 aliphatic heterocycles. The summed E-state index contributed by atoms with van der Waals surface area (Å²) in [5.74, 6) is 0.610. The van der Waals surface area contributed by atoms with Crippen molar-refractivity contribution >= 4 is 23.4 Å². The first-order valence-corrected chi connectivity index (χ1v) is 10.0. The Balaban J connectivity index is 1.54. The van der Waals surface area contributed by atoms with Gasteiger partial charge in [-0.3, -0.25) is 14.6 Å². The standard InChI is InChI=1S/C21H25ClN4O2/c1-2-16-14-26(21(28)18-5-8-24-19(22)10-18)9-6-17(16)11-20(27)25-13-15-4-3-7-23-12-15/h3-5,7-8,10,12,16-17H,2,6,9,11,13-14H2,1H3,(H,25,27). The number of rotatable bonds is 6. The number of nitrogens with one attached hydrogen (secondary N) is 1. The van der Waals surface area contributed by atoms with Gasteiger partial charge < -0.3 is 10.2 Å². The van der Waals surface area contributed by atoms with Gasteiger partial charge in [0.15, 0.2) is 0 Å². The Bertz CT molecular complexity index is 815. The van der Waals surface area contributed by atoms with Crippen LogP contribution in [-0.2, 0) is 11.3 Å². The molecule has 6 nitrogen and oxygen atoms in total. The van der Waals surface area contributed by atoms with Gasteiger partial charge >= 0.3 is 0 Å². The van der Waals surface area contributed by atoms with E-state index in [1.165, 1.54) is 0 Å². The SMILES string of the molecule is CCC1CN(C(=O)c2ccnc(Cl)c2)CCC1CC(=O)NCc1cccnc1. The molecule has 2 aromatic rings. The van der Waals surface area contributed by atoms with Crippen molar-refractivity contribution in [2.75, 3.05) is 13.1 Å². The van der Waals surface area contributed by atoms with E-state index in [2.05, 4.69) is 22.2 Å². The van der Waals surface area contributed by atoms with E-state index in [0.717, 1.165) is 18.4 Å². The number of piperidine rings is 1. The van der Waals surface area contributed by atoms with Crippen LogP contribution in [0.2, 0.25) is 5.15 Å². The van der Waals surface area contributed by atoms with Crippen molar-refractivity contribution < 1.29 is 9.59 Å². The molecular weight excluding hydrogens is 376 g/mol. The second kappa shape index (κ2) is 9.64. The Morgan fingerprint density at radius 1 is 1.29 bits per heavy atom. The number of pyridine rings is 2. The minimum Gasteiger partial charge on any atom is -0.352 e. The number of likely N-dealkylation sites (tertiary alicyclic amines) is 1. The topological polar surface area (TPSA) is 75.2 Å². The van der Waals surface area contributed by atoms with Gasteiger partial charge in [0.1, 0.15) is 5.15 Å². The van der Waals surface area contributed by atoms with Gasteiger partial charge in [-0.05, 0) is 42.0 Å². The Labute approximate surface area is 170 Å². The fraction of sp³-hybridized carbons (Fsp3) is 0.429. The maximum absolute atomic E-state index is 12.8. The highest BCUT2D eigenvalue weighted by Crippen LogP contribution is 2.30. The second-order valence-electron chi connectivity index (χ2n) is 7.18. The van der Waals surface area contributed by atoms with Crippen molar-refractivity contribution in [2.24, 2.45) is 11.8 Å². The number of carbonyl (C=O) groups excluding carboxylic acids is 2. The number of hydrogen-bond donors (Lipinski definition) is 1. The average molecular weight is 401 g/mol. The Hall–Kier alpha value is -2.47. The van der Waals surface area contributed by atoms with Crippen LogP contribution in [0, 0.1) is 11.8 Å². The van der Waals surface area contributed by atoms with Crippen molar-refractivity contribution in [3.8, 4) is 0 Å². The van der Waals surface area contributed by atoms with Gasteiger partial charge in [-0.2, -0.15) is 0 Å². The van der Waals surface area contributed by atoms with Crippen molar-refractivity contribution in [3.05, 3.63) is 59.1 Å². The summed E-state index contributed by atoms with van der Waals surface area (Å²) in [6.07, 6.45) is 7.26. The fourth-order valence-electron chi connectivity index (χ4n) is 3.73. The molecule has 7 heteroatoms. The van der Waals surface area contributed by atoms with E-state index >= 15 is 0 Å². The zero-order chi connectivity index (χ0) is 19.9. The molecule has 0 saturated carbocycles. The van der Waals surface area contributed by atoms with E-state index in [9.17, 15) is 9.59 Å². The summed E-state index contributed by atoms with van der Waals surface area (Å²) in [4.78, 5) is 35.0. The lowest BCUT2D eigenvalue weighted by Crippen LogP contribution is -2.44. The molecule has 0 spiro atoms. The van der Waals surface area contributed by atoms with Gasteiger partial charge in [-0.15, -0.1) is 0 Å². The van der Waals surface area contributed by atoms with E-state index < -0.39 is 0 Å². The molecule has 0 aliphatic carbocycles. The molecule has 1 fully saturated rings. The minimum atomic E-state index is -0.0257. The van der Waals surface area contributed by atoms with E-state index in [0.29, 0.717) is 42.7 Å². The highest BCUT2D eigenvalue weighted by atomic mass is 35.5. The minimum absolute atomic E-state index is 0.0257. The molecule has 2 amide bonds. The fourth-order valence-corrected chi connectivity index (χ4v) is 3.90. The second-order valence-corrected chi connectivity index (χ2v) is 7.56. The number of amides is 2. The molecule has 1 saturated heterocycles. The lowest BCUT2D eigenvalue weighted by Gasteiger charge is -2.38. The van der Waals surface area contributed by atoms with Gasteiger partial charge in [0.25, 0.3) is 5.91 Å². The predicted octanol–water partition coefficient (Wildman–Crippen LogP) is 3.32. The van der Waals surface area contributed by atoms with Crippen LogP contribution >= 0.6 is 11.6 Å². The van der Waals surface area contributed by atoms with Crippen LogP contribution < -0.4 is 5.32 Å². The normalized spacial score (nSPS) is 19.3. The molecule has 2 unspecified atom stereocenters. The van der Waals surface area contributed by atoms with Crippen LogP contribution in [0.15, 0.2) is 42.9 Å². The maximum Gasteiger partial charge on any atom is 0.254 e. The summed E-state index contributed by atoms with van der Waals surface area (Å²) >= 11 is 5.91. The first-order chi connectivity index (χ1) is 13.6. The highest BCUT2D eigenvalue weighted by molar-refractivity contribution is 6.29. The smallest absolute Gasteiger partial charge is 0.254 e. The first kappa shape index (κ1) is 20.3. The van der Waals surface area contributed by atoms with Crippen molar-refractivity contribution in [3.63, 3.8) is 0 Å². The molecule has 2 atom stereocenters. The van der Waals surface area contributed by atoms with E-state index in [1.807, 2.05) is 17.0 Å². The average Bonchev–Trinajstić information content (AvgIpc) is 2.73. The Morgan fingerprint density at radius 2 is 2.14 bits per heavy atom. The number of aromatic nitrogens is 2. The van der Waals surface area contributed by atoms with E-state index in [1.54, 1.807) is 30.7 Å². The van der Waals surface area contributed by atoms with Gasteiger partial charge in [0, 0.05) is 50.2 Å². The van der Waals surface area contributed by atoms with Gasteiger partial charge in [0.2, 0.25) is 5.91 Å². The summed E-state index contributed by atoms with van der Waals surface area (Å²) in [5, 5.41) is 3.29. The summed E-state index contributed by atoms with van der Waals surface area (Å²) in [6.45, 7) is 3.91. The van der Waals surface area contributed by atoms with Crippen LogP contribution in [0.5, 0.6) is 0 Å². The first-order valence-electron chi connectivity index (χ1n) is 9.63. The summed E-state index contributed by atoms with van der Waals surface area (Å²) in [7, 11) is 0. The molecule has 1 aliphatic rings. The number of nitrogens with zero attached hydrogens (tertiary/aromatic N) is 3. The summed E-state index contributed by atoms with van der Waals surface area (Å²) < 4.78 is 0. The zero-order valence-corrected chi connectivity index (χ0v) is 16.7. The molecule has 3 rings (SSSR count). The van der Waals surface area contributed by atoms with Crippen LogP contribution in [0.1, 0.15) is 42.1 Å². The lowest BCUT2D eigenvalue weighted by molar-refractivity contribution is -0.123. The number of carbonyl (C=O) groups is 2. The maximum atomic E-state index is 12.8. The predicted molar refractivity (Wildman–Crippen MR) is 108 cm³/mol. The quantitative estimate of drug-likeness (QED) is 0.754. The zero-order valence-electron chi connectivity index (χ0n) is 16.0. The molecule has 148 valence electrons. The third-order valence-electron chi connectivity index (χ3n) is 5.34.